The number of pyridine rings is 2. The number of halogens is 6. The minimum absolute atomic E-state index is 0.0374. The lowest BCUT2D eigenvalue weighted by Gasteiger charge is -2.26. The van der Waals surface area contributed by atoms with Gasteiger partial charge in [-0.15, -0.1) is 0 Å². The van der Waals surface area contributed by atoms with E-state index in [9.17, 15) is 10.2 Å². The molecule has 0 radical (unpaired) electrons. The summed E-state index contributed by atoms with van der Waals surface area (Å²) in [4.78, 5) is 25.9. The Hall–Kier alpha value is -2.03. The summed E-state index contributed by atoms with van der Waals surface area (Å²) in [7, 11) is 0. The van der Waals surface area contributed by atoms with Crippen LogP contribution in [0.3, 0.4) is 0 Å². The molecule has 0 aliphatic heterocycles. The number of carbonyl (C=O) groups excluding carboxylic acids is 1. The number of ketones is 1. The van der Waals surface area contributed by atoms with Gasteiger partial charge in [-0.2, -0.15) is 0 Å². The number of aromatic nitrogens is 4. The fraction of sp³-hybridized carbons (Fsp3) is 0.229. The summed E-state index contributed by atoms with van der Waals surface area (Å²) < 4.78 is 7.53. The number of fused-ring (bicyclic) bond motifs is 2. The van der Waals surface area contributed by atoms with E-state index in [0.29, 0.717) is 41.9 Å². The van der Waals surface area contributed by atoms with Crippen molar-refractivity contribution in [2.45, 2.75) is 52.4 Å². The van der Waals surface area contributed by atoms with Crippen LogP contribution in [0.25, 0.3) is 11.3 Å². The zero-order chi connectivity index (χ0) is 34.8. The van der Waals surface area contributed by atoms with Gasteiger partial charge in [-0.25, -0.2) is 9.97 Å². The number of benzene rings is 2. The molecule has 2 atom stereocenters. The summed E-state index contributed by atoms with van der Waals surface area (Å²) in [6.07, 6.45) is 5.10. The molecule has 2 N–H and O–H groups in total. The molecule has 6 aromatic rings. The normalized spacial score (nSPS) is 13.0. The highest BCUT2D eigenvalue weighted by atomic mass is 79.9. The number of aryl methyl sites for hydroxylation is 4. The van der Waals surface area contributed by atoms with Crippen LogP contribution in [0.2, 0.25) is 0 Å². The van der Waals surface area contributed by atoms with E-state index in [-0.39, 0.29) is 17.3 Å². The molecule has 6 rings (SSSR count). The Morgan fingerprint density at radius 2 is 0.958 bits per heavy atom. The third kappa shape index (κ3) is 6.25. The van der Waals surface area contributed by atoms with Crippen LogP contribution in [-0.4, -0.2) is 34.8 Å². The van der Waals surface area contributed by atoms with Crippen molar-refractivity contribution >= 4 is 113 Å². The number of hydrogen-bond acceptors (Lipinski definition) is 5. The van der Waals surface area contributed by atoms with Gasteiger partial charge in [0.2, 0.25) is 0 Å². The summed E-state index contributed by atoms with van der Waals surface area (Å²) >= 11 is 21.5. The molecule has 48 heavy (non-hydrogen) atoms. The molecule has 4 heterocycles. The Morgan fingerprint density at radius 3 is 1.27 bits per heavy atom. The van der Waals surface area contributed by atoms with E-state index < -0.39 is 11.8 Å². The molecule has 13 heteroatoms. The Balaban J connectivity index is 1.74. The maximum Gasteiger partial charge on any atom is 0.159 e. The Bertz CT molecular complexity index is 2080. The molecule has 0 aliphatic carbocycles. The molecule has 0 saturated carbocycles. The van der Waals surface area contributed by atoms with Crippen molar-refractivity contribution in [3.05, 3.63) is 121 Å². The van der Waals surface area contributed by atoms with Crippen LogP contribution < -0.4 is 0 Å². The van der Waals surface area contributed by atoms with Gasteiger partial charge in [0.05, 0.1) is 52.5 Å². The molecule has 2 unspecified atom stereocenters. The average Bonchev–Trinajstić information content (AvgIpc) is 3.56. The van der Waals surface area contributed by atoms with Crippen molar-refractivity contribution in [2.24, 2.45) is 0 Å². The van der Waals surface area contributed by atoms with E-state index in [2.05, 4.69) is 95.6 Å². The van der Waals surface area contributed by atoms with E-state index in [0.717, 1.165) is 54.1 Å². The standard InChI is InChI=1S/C35H28Br6N4O3/c1-5-25-31(44-13-23(40)15(3)7-27(44)42-25)29(17-9-19(36)33(46)20(37)10-17)35(48)30(18-11-21(38)34(47)22(39)12-18)32-26(6-2)43-28-8-16(4)24(41)14-45(28)32/h7-14,29-30,46-47H,5-6H2,1-4H3. The second-order valence-corrected chi connectivity index (χ2v) is 16.7. The minimum Gasteiger partial charge on any atom is -0.506 e. The van der Waals surface area contributed by atoms with Crippen LogP contribution in [0.15, 0.2) is 75.6 Å². The molecule has 0 saturated heterocycles. The van der Waals surface area contributed by atoms with Gasteiger partial charge in [-0.3, -0.25) is 4.79 Å². The number of imidazole rings is 2. The molecule has 4 aromatic heterocycles. The predicted molar refractivity (Wildman–Crippen MR) is 210 cm³/mol. The lowest BCUT2D eigenvalue weighted by molar-refractivity contribution is -0.120. The van der Waals surface area contributed by atoms with Crippen LogP contribution in [0.5, 0.6) is 11.5 Å². The lowest BCUT2D eigenvalue weighted by atomic mass is 9.79. The molecule has 0 bridgehead atoms. The van der Waals surface area contributed by atoms with Crippen molar-refractivity contribution in [1.82, 2.24) is 18.8 Å². The molecule has 248 valence electrons. The van der Waals surface area contributed by atoms with Gasteiger partial charge in [0.15, 0.2) is 5.78 Å². The van der Waals surface area contributed by atoms with Crippen molar-refractivity contribution in [2.75, 3.05) is 0 Å². The number of nitrogens with zero attached hydrogens (tertiary/aromatic N) is 4. The minimum atomic E-state index is -0.849. The van der Waals surface area contributed by atoms with Crippen molar-refractivity contribution in [3.63, 3.8) is 0 Å². The van der Waals surface area contributed by atoms with E-state index in [4.69, 9.17) is 9.97 Å². The summed E-state index contributed by atoms with van der Waals surface area (Å²) in [6.45, 7) is 8.08. The van der Waals surface area contributed by atoms with Crippen LogP contribution >= 0.6 is 95.6 Å². The molecule has 0 amide bonds. The number of aromatic hydroxyl groups is 2. The zero-order valence-electron chi connectivity index (χ0n) is 26.0. The van der Waals surface area contributed by atoms with Gasteiger partial charge in [-0.05, 0) is 181 Å². The number of phenols is 2. The summed E-state index contributed by atoms with van der Waals surface area (Å²) in [6, 6.07) is 11.2. The third-order valence-corrected chi connectivity index (χ3v) is 12.6. The van der Waals surface area contributed by atoms with E-state index in [1.165, 1.54) is 0 Å². The van der Waals surface area contributed by atoms with Gasteiger partial charge in [-0.1, -0.05) is 13.8 Å². The summed E-state index contributed by atoms with van der Waals surface area (Å²) in [5, 5.41) is 21.5. The molecular formula is C35H28Br6N4O3. The van der Waals surface area contributed by atoms with Crippen molar-refractivity contribution < 1.29 is 15.0 Å². The van der Waals surface area contributed by atoms with Gasteiger partial charge < -0.3 is 19.0 Å². The number of Topliss-reactive ketones (excluding diaryl/α,β-unsaturated/α-hetero) is 1. The second kappa shape index (κ2) is 13.9. The number of rotatable bonds is 8. The van der Waals surface area contributed by atoms with Crippen LogP contribution in [0, 0.1) is 13.8 Å². The quantitative estimate of drug-likeness (QED) is 0.158. The van der Waals surface area contributed by atoms with Crippen molar-refractivity contribution in [1.29, 1.82) is 0 Å². The molecule has 0 aliphatic rings. The average molecular weight is 1030 g/mol. The highest BCUT2D eigenvalue weighted by Crippen LogP contribution is 2.45. The zero-order valence-corrected chi connectivity index (χ0v) is 35.6. The molecular weight excluding hydrogens is 1000 g/mol. The first-order chi connectivity index (χ1) is 22.7. The Kier molecular flexibility index (Phi) is 10.4. The smallest absolute Gasteiger partial charge is 0.159 e. The monoisotopic (exact) mass is 1030 g/mol. The van der Waals surface area contributed by atoms with E-state index in [1.54, 1.807) is 24.3 Å². The lowest BCUT2D eigenvalue weighted by Crippen LogP contribution is -2.26. The first-order valence-electron chi connectivity index (χ1n) is 15.0. The number of carbonyl (C=O) groups is 1. The Morgan fingerprint density at radius 1 is 0.625 bits per heavy atom. The molecule has 7 nitrogen and oxygen atoms in total. The van der Waals surface area contributed by atoms with E-state index >= 15 is 4.79 Å². The summed E-state index contributed by atoms with van der Waals surface area (Å²) in [5.41, 5.74) is 7.86. The summed E-state index contributed by atoms with van der Waals surface area (Å²) in [5.74, 6) is -1.76. The van der Waals surface area contributed by atoms with Gasteiger partial charge in [0.25, 0.3) is 0 Å². The van der Waals surface area contributed by atoms with Crippen LogP contribution in [-0.2, 0) is 17.6 Å². The Labute approximate surface area is 328 Å². The first-order valence-corrected chi connectivity index (χ1v) is 19.7. The predicted octanol–water partition coefficient (Wildman–Crippen LogP) is 11.2. The maximum atomic E-state index is 15.9. The fourth-order valence-electron chi connectivity index (χ4n) is 6.17. The number of hydrogen-bond donors (Lipinski definition) is 2. The molecule has 0 spiro atoms. The molecule has 0 fully saturated rings. The van der Waals surface area contributed by atoms with E-state index in [1.807, 2.05) is 61.0 Å². The topological polar surface area (TPSA) is 92.1 Å². The first kappa shape index (κ1) is 35.8. The van der Waals surface area contributed by atoms with Gasteiger partial charge >= 0.3 is 0 Å². The third-order valence-electron chi connectivity index (χ3n) is 8.56. The SMILES string of the molecule is CCc1nc2cc(C)c(Br)cn2c1C(C(=O)C(c1cc(Br)c(O)c(Br)c1)c1c(CC)nc2cc(C)c(Br)cn12)c1cc(Br)c(O)c(Br)c1. The molecule has 2 aromatic carbocycles. The van der Waals surface area contributed by atoms with Gasteiger partial charge in [0.1, 0.15) is 22.8 Å². The van der Waals surface area contributed by atoms with Crippen LogP contribution in [0.1, 0.15) is 70.7 Å². The largest absolute Gasteiger partial charge is 0.506 e. The number of phenolic OH excluding ortho intramolecular Hbond substituents is 2. The van der Waals surface area contributed by atoms with Gasteiger partial charge in [0, 0.05) is 21.3 Å². The van der Waals surface area contributed by atoms with Crippen LogP contribution in [0.4, 0.5) is 0 Å². The maximum absolute atomic E-state index is 15.9. The van der Waals surface area contributed by atoms with Crippen molar-refractivity contribution in [3.8, 4) is 11.5 Å². The second-order valence-electron chi connectivity index (χ2n) is 11.6. The highest BCUT2D eigenvalue weighted by molar-refractivity contribution is 9.11. The highest BCUT2D eigenvalue weighted by Gasteiger charge is 2.39. The fourth-order valence-corrected chi connectivity index (χ4v) is 9.25.